The van der Waals surface area contributed by atoms with Crippen LogP contribution in [0.15, 0.2) is 5.16 Å². The van der Waals surface area contributed by atoms with E-state index in [1.165, 1.54) is 37.4 Å². The number of carbonyl (C=O) groups is 1. The molecule has 0 bridgehead atoms. The molecular weight excluding hydrogens is 312 g/mol. The van der Waals surface area contributed by atoms with Crippen molar-refractivity contribution in [3.63, 3.8) is 0 Å². The Labute approximate surface area is 141 Å². The van der Waals surface area contributed by atoms with E-state index in [2.05, 4.69) is 14.8 Å². The number of nitrogens with two attached hydrogens (primary N) is 1. The first-order valence-corrected chi connectivity index (χ1v) is 9.62. The van der Waals surface area contributed by atoms with E-state index < -0.39 is 0 Å². The van der Waals surface area contributed by atoms with Gasteiger partial charge in [0.1, 0.15) is 6.04 Å². The summed E-state index contributed by atoms with van der Waals surface area (Å²) in [6.45, 7) is 5.21. The van der Waals surface area contributed by atoms with Crippen LogP contribution in [0.2, 0.25) is 0 Å². The molecule has 3 rings (SSSR count). The molecule has 7 nitrogen and oxygen atoms in total. The van der Waals surface area contributed by atoms with Gasteiger partial charge in [0.2, 0.25) is 0 Å². The molecule has 1 amide bonds. The Balaban J connectivity index is 1.58. The van der Waals surface area contributed by atoms with Crippen LogP contribution >= 0.6 is 11.8 Å². The smallest absolute Gasteiger partial charge is 0.272 e. The van der Waals surface area contributed by atoms with Crippen molar-refractivity contribution in [2.45, 2.75) is 36.9 Å². The quantitative estimate of drug-likeness (QED) is 0.492. The summed E-state index contributed by atoms with van der Waals surface area (Å²) in [5.74, 6) is 1.84. The largest absolute Gasteiger partial charge is 0.365 e. The fourth-order valence-electron chi connectivity index (χ4n) is 3.83. The average Bonchev–Trinajstić information content (AvgIpc) is 3.22. The molecular formula is C15H28N6OS+2. The number of amides is 1. The standard InChI is InChI=1S/C15H26N6OS/c1-19-14(12-5-4-8-21(12)11-13(16)22)17-18-15(19)23-10-9-20-6-2-3-7-20/h12H,2-11H2,1H3,(H2,16,22)/p+2/t12-/m1/s1. The first-order valence-electron chi connectivity index (χ1n) is 8.63. The summed E-state index contributed by atoms with van der Waals surface area (Å²) in [5, 5.41) is 9.78. The van der Waals surface area contributed by atoms with E-state index in [4.69, 9.17) is 5.73 Å². The second-order valence-electron chi connectivity index (χ2n) is 6.70. The lowest BCUT2D eigenvalue weighted by Crippen LogP contribution is -3.11. The van der Waals surface area contributed by atoms with Crippen molar-refractivity contribution in [1.82, 2.24) is 14.8 Å². The van der Waals surface area contributed by atoms with Gasteiger partial charge in [0, 0.05) is 32.7 Å². The lowest BCUT2D eigenvalue weighted by Gasteiger charge is -2.19. The van der Waals surface area contributed by atoms with Crippen molar-refractivity contribution in [2.24, 2.45) is 12.8 Å². The van der Waals surface area contributed by atoms with Gasteiger partial charge in [-0.2, -0.15) is 0 Å². The summed E-state index contributed by atoms with van der Waals surface area (Å²) in [4.78, 5) is 14.2. The fraction of sp³-hybridized carbons (Fsp3) is 0.800. The van der Waals surface area contributed by atoms with E-state index in [9.17, 15) is 4.79 Å². The van der Waals surface area contributed by atoms with Crippen molar-refractivity contribution < 1.29 is 14.6 Å². The highest BCUT2D eigenvalue weighted by molar-refractivity contribution is 7.99. The summed E-state index contributed by atoms with van der Waals surface area (Å²) in [6, 6.07) is 0.249. The maximum atomic E-state index is 11.2. The van der Waals surface area contributed by atoms with Crippen molar-refractivity contribution >= 4 is 17.7 Å². The van der Waals surface area contributed by atoms with Gasteiger partial charge in [-0.1, -0.05) is 11.8 Å². The number of hydrogen-bond acceptors (Lipinski definition) is 4. The van der Waals surface area contributed by atoms with Crippen LogP contribution in [0.5, 0.6) is 0 Å². The molecule has 2 aliphatic heterocycles. The van der Waals surface area contributed by atoms with E-state index in [1.54, 1.807) is 16.7 Å². The predicted molar refractivity (Wildman–Crippen MR) is 88.4 cm³/mol. The van der Waals surface area contributed by atoms with Gasteiger partial charge in [0.25, 0.3) is 5.91 Å². The van der Waals surface area contributed by atoms with E-state index in [-0.39, 0.29) is 11.9 Å². The third-order valence-electron chi connectivity index (χ3n) is 5.06. The second kappa shape index (κ2) is 7.63. The zero-order valence-corrected chi connectivity index (χ0v) is 14.7. The van der Waals surface area contributed by atoms with Crippen molar-refractivity contribution in [3.8, 4) is 0 Å². The summed E-state index contributed by atoms with van der Waals surface area (Å²) in [7, 11) is 2.04. The molecule has 1 unspecified atom stereocenters. The molecule has 128 valence electrons. The van der Waals surface area contributed by atoms with E-state index in [0.29, 0.717) is 6.54 Å². The molecule has 0 radical (unpaired) electrons. The Bertz CT molecular complexity index is 542. The van der Waals surface area contributed by atoms with Crippen LogP contribution in [0, 0.1) is 0 Å². The predicted octanol–water partition coefficient (Wildman–Crippen LogP) is -2.21. The minimum absolute atomic E-state index is 0.239. The van der Waals surface area contributed by atoms with Gasteiger partial charge in [-0.3, -0.25) is 4.79 Å². The first kappa shape index (κ1) is 16.7. The van der Waals surface area contributed by atoms with Crippen LogP contribution in [0.1, 0.15) is 37.5 Å². The van der Waals surface area contributed by atoms with E-state index >= 15 is 0 Å². The number of primary amides is 1. The third kappa shape index (κ3) is 4.05. The minimum Gasteiger partial charge on any atom is -0.365 e. The molecule has 8 heteroatoms. The highest BCUT2D eigenvalue weighted by Crippen LogP contribution is 2.21. The van der Waals surface area contributed by atoms with Crippen LogP contribution < -0.4 is 15.5 Å². The highest BCUT2D eigenvalue weighted by Gasteiger charge is 2.35. The number of nitrogens with one attached hydrogen (secondary N) is 2. The number of aromatic nitrogens is 3. The molecule has 0 aromatic carbocycles. The van der Waals surface area contributed by atoms with E-state index in [0.717, 1.165) is 36.1 Å². The Morgan fingerprint density at radius 3 is 2.83 bits per heavy atom. The van der Waals surface area contributed by atoms with Gasteiger partial charge >= 0.3 is 0 Å². The van der Waals surface area contributed by atoms with Gasteiger partial charge in [0.15, 0.2) is 17.5 Å². The topological polar surface area (TPSA) is 82.7 Å². The number of rotatable bonds is 7. The van der Waals surface area contributed by atoms with Gasteiger partial charge in [0.05, 0.1) is 31.9 Å². The average molecular weight is 340 g/mol. The number of thioether (sulfide) groups is 1. The maximum Gasteiger partial charge on any atom is 0.272 e. The normalized spacial score (nSPS) is 25.3. The first-order chi connectivity index (χ1) is 11.1. The Kier molecular flexibility index (Phi) is 5.55. The van der Waals surface area contributed by atoms with Crippen molar-refractivity contribution in [3.05, 3.63) is 5.82 Å². The van der Waals surface area contributed by atoms with Crippen LogP contribution in [0.3, 0.4) is 0 Å². The highest BCUT2D eigenvalue weighted by atomic mass is 32.2. The number of carbonyl (C=O) groups excluding carboxylic acids is 1. The summed E-state index contributed by atoms with van der Waals surface area (Å²) in [6.07, 6.45) is 4.90. The maximum absolute atomic E-state index is 11.2. The monoisotopic (exact) mass is 340 g/mol. The zero-order chi connectivity index (χ0) is 16.2. The van der Waals surface area contributed by atoms with Gasteiger partial charge in [-0.15, -0.1) is 10.2 Å². The number of nitrogens with zero attached hydrogens (tertiary/aromatic N) is 3. The van der Waals surface area contributed by atoms with Crippen LogP contribution in [-0.4, -0.2) is 59.1 Å². The lowest BCUT2D eigenvalue weighted by molar-refractivity contribution is -0.911. The van der Waals surface area contributed by atoms with Gasteiger partial charge in [-0.05, 0) is 0 Å². The van der Waals surface area contributed by atoms with Crippen LogP contribution in [0.4, 0.5) is 0 Å². The molecule has 2 aliphatic rings. The lowest BCUT2D eigenvalue weighted by atomic mass is 10.2. The molecule has 3 heterocycles. The molecule has 4 N–H and O–H groups in total. The summed E-state index contributed by atoms with van der Waals surface area (Å²) in [5.41, 5.74) is 5.37. The number of likely N-dealkylation sites (tertiary alicyclic amines) is 2. The molecule has 1 aromatic rings. The summed E-state index contributed by atoms with van der Waals surface area (Å²) >= 11 is 1.80. The molecule has 23 heavy (non-hydrogen) atoms. The van der Waals surface area contributed by atoms with Gasteiger partial charge < -0.3 is 20.1 Å². The Hall–Kier alpha value is -1.12. The van der Waals surface area contributed by atoms with Crippen molar-refractivity contribution in [2.75, 3.05) is 38.5 Å². The van der Waals surface area contributed by atoms with Crippen LogP contribution in [0.25, 0.3) is 0 Å². The minimum atomic E-state index is -0.239. The van der Waals surface area contributed by atoms with Gasteiger partial charge in [-0.25, -0.2) is 0 Å². The summed E-state index contributed by atoms with van der Waals surface area (Å²) < 4.78 is 2.11. The molecule has 2 saturated heterocycles. The number of hydrogen-bond donors (Lipinski definition) is 3. The molecule has 2 atom stereocenters. The second-order valence-corrected chi connectivity index (χ2v) is 7.76. The zero-order valence-electron chi connectivity index (χ0n) is 13.9. The molecule has 0 spiro atoms. The van der Waals surface area contributed by atoms with Crippen molar-refractivity contribution in [1.29, 1.82) is 0 Å². The molecule has 1 aromatic heterocycles. The molecule has 2 fully saturated rings. The van der Waals surface area contributed by atoms with Crippen LogP contribution in [-0.2, 0) is 11.8 Å². The van der Waals surface area contributed by atoms with E-state index in [1.807, 2.05) is 7.05 Å². The molecule has 0 aliphatic carbocycles. The Morgan fingerprint density at radius 2 is 2.09 bits per heavy atom. The fourth-order valence-corrected chi connectivity index (χ4v) is 4.78. The molecule has 0 saturated carbocycles. The SMILES string of the molecule is Cn1c(SCC[NH+]2CCCC2)nnc1[C@H]1CCC[NH+]1CC(N)=O. The Morgan fingerprint density at radius 1 is 1.30 bits per heavy atom. The third-order valence-corrected chi connectivity index (χ3v) is 6.08. The number of quaternary nitrogens is 2.